The Bertz CT molecular complexity index is 559. The second-order valence-electron chi connectivity index (χ2n) is 4.94. The van der Waals surface area contributed by atoms with Crippen LogP contribution in [0.25, 0.3) is 0 Å². The van der Waals surface area contributed by atoms with E-state index in [1.54, 1.807) is 6.07 Å². The second-order valence-corrected chi connectivity index (χ2v) is 4.94. The van der Waals surface area contributed by atoms with Crippen molar-refractivity contribution in [2.24, 2.45) is 0 Å². The van der Waals surface area contributed by atoms with E-state index in [9.17, 15) is 0 Å². The number of hydrogen-bond donors (Lipinski definition) is 1. The van der Waals surface area contributed by atoms with E-state index in [1.165, 1.54) is 5.56 Å². The molecular formula is C16H21N3O. The average Bonchev–Trinajstić information content (AvgIpc) is 2.47. The van der Waals surface area contributed by atoms with E-state index in [1.807, 2.05) is 26.1 Å². The molecule has 4 nitrogen and oxygen atoms in total. The van der Waals surface area contributed by atoms with Gasteiger partial charge in [0.15, 0.2) is 0 Å². The Morgan fingerprint density at radius 3 is 2.65 bits per heavy atom. The summed E-state index contributed by atoms with van der Waals surface area (Å²) in [5.41, 5.74) is 1.25. The molecule has 2 rings (SSSR count). The lowest BCUT2D eigenvalue weighted by atomic mass is 10.0. The third-order valence-electron chi connectivity index (χ3n) is 3.07. The molecule has 0 bridgehead atoms. The van der Waals surface area contributed by atoms with Crippen LogP contribution in [0.1, 0.15) is 38.1 Å². The van der Waals surface area contributed by atoms with Gasteiger partial charge in [-0.3, -0.25) is 0 Å². The molecule has 0 aliphatic heterocycles. The van der Waals surface area contributed by atoms with Gasteiger partial charge in [0, 0.05) is 19.5 Å². The van der Waals surface area contributed by atoms with Crippen molar-refractivity contribution in [3.63, 3.8) is 0 Å². The van der Waals surface area contributed by atoms with Crippen molar-refractivity contribution in [1.29, 1.82) is 0 Å². The number of aryl methyl sites for hydroxylation is 1. The fourth-order valence-corrected chi connectivity index (χ4v) is 1.87. The molecule has 0 amide bonds. The van der Waals surface area contributed by atoms with Crippen LogP contribution < -0.4 is 10.1 Å². The highest BCUT2D eigenvalue weighted by atomic mass is 16.5. The lowest BCUT2D eigenvalue weighted by molar-refractivity contribution is 0.458. The van der Waals surface area contributed by atoms with Crippen molar-refractivity contribution < 1.29 is 4.74 Å². The predicted molar refractivity (Wildman–Crippen MR) is 81.6 cm³/mol. The minimum atomic E-state index is 0.475. The van der Waals surface area contributed by atoms with Crippen molar-refractivity contribution in [2.75, 3.05) is 12.4 Å². The predicted octanol–water partition coefficient (Wildman–Crippen LogP) is 4.00. The maximum absolute atomic E-state index is 5.86. The van der Waals surface area contributed by atoms with Gasteiger partial charge in [-0.1, -0.05) is 32.9 Å². The summed E-state index contributed by atoms with van der Waals surface area (Å²) in [5.74, 6) is 3.39. The summed E-state index contributed by atoms with van der Waals surface area (Å²) in [6, 6.07) is 9.91. The van der Waals surface area contributed by atoms with Crippen LogP contribution in [0, 0.1) is 0 Å². The van der Waals surface area contributed by atoms with Gasteiger partial charge in [-0.2, -0.15) is 4.98 Å². The van der Waals surface area contributed by atoms with E-state index in [4.69, 9.17) is 4.74 Å². The highest BCUT2D eigenvalue weighted by molar-refractivity contribution is 5.40. The Labute approximate surface area is 120 Å². The van der Waals surface area contributed by atoms with E-state index in [-0.39, 0.29) is 0 Å². The molecule has 0 radical (unpaired) electrons. The summed E-state index contributed by atoms with van der Waals surface area (Å²) in [6.07, 6.45) is 0.776. The smallest absolute Gasteiger partial charge is 0.224 e. The van der Waals surface area contributed by atoms with Crippen molar-refractivity contribution in [3.8, 4) is 11.6 Å². The number of nitrogens with zero attached hydrogens (tertiary/aromatic N) is 2. The molecule has 4 heteroatoms. The van der Waals surface area contributed by atoms with Crippen LogP contribution in [0.15, 0.2) is 30.3 Å². The van der Waals surface area contributed by atoms with Crippen LogP contribution in [-0.2, 0) is 6.42 Å². The molecular weight excluding hydrogens is 250 g/mol. The Kier molecular flexibility index (Phi) is 4.56. The first-order valence-electron chi connectivity index (χ1n) is 6.96. The van der Waals surface area contributed by atoms with Gasteiger partial charge in [0.2, 0.25) is 5.88 Å². The Balaban J connectivity index is 2.27. The topological polar surface area (TPSA) is 47.0 Å². The molecule has 0 aliphatic rings. The first kappa shape index (κ1) is 14.3. The van der Waals surface area contributed by atoms with E-state index in [2.05, 4.69) is 41.3 Å². The van der Waals surface area contributed by atoms with Crippen LogP contribution in [0.4, 0.5) is 5.82 Å². The van der Waals surface area contributed by atoms with Gasteiger partial charge in [-0.05, 0) is 23.6 Å². The highest BCUT2D eigenvalue weighted by Crippen LogP contribution is 2.25. The molecule has 20 heavy (non-hydrogen) atoms. The molecule has 0 spiro atoms. The van der Waals surface area contributed by atoms with Gasteiger partial charge in [-0.15, -0.1) is 0 Å². The summed E-state index contributed by atoms with van der Waals surface area (Å²) >= 11 is 0. The summed E-state index contributed by atoms with van der Waals surface area (Å²) < 4.78 is 5.86. The Morgan fingerprint density at radius 1 is 1.20 bits per heavy atom. The van der Waals surface area contributed by atoms with Crippen molar-refractivity contribution in [1.82, 2.24) is 9.97 Å². The molecule has 0 fully saturated rings. The largest absolute Gasteiger partial charge is 0.439 e. The zero-order valence-electron chi connectivity index (χ0n) is 12.5. The Hall–Kier alpha value is -2.10. The summed E-state index contributed by atoms with van der Waals surface area (Å²) in [5, 5.41) is 3.03. The highest BCUT2D eigenvalue weighted by Gasteiger charge is 2.06. The molecule has 1 heterocycles. The lowest BCUT2D eigenvalue weighted by Crippen LogP contribution is -2.01. The van der Waals surface area contributed by atoms with Crippen LogP contribution in [0.5, 0.6) is 11.6 Å². The zero-order chi connectivity index (χ0) is 14.5. The molecule has 0 saturated heterocycles. The maximum atomic E-state index is 5.86. The molecule has 106 valence electrons. The van der Waals surface area contributed by atoms with Crippen LogP contribution in [0.3, 0.4) is 0 Å². The third kappa shape index (κ3) is 3.47. The average molecular weight is 271 g/mol. The summed E-state index contributed by atoms with van der Waals surface area (Å²) in [7, 11) is 1.84. The first-order chi connectivity index (χ1) is 9.62. The van der Waals surface area contributed by atoms with E-state index < -0.39 is 0 Å². The normalized spacial score (nSPS) is 10.7. The number of benzene rings is 1. The third-order valence-corrected chi connectivity index (χ3v) is 3.07. The molecule has 0 aliphatic carbocycles. The molecule has 0 atom stereocenters. The SMILES string of the molecule is CCc1nc(NC)cc(Oc2cccc(C(C)C)c2)n1. The molecule has 1 N–H and O–H groups in total. The molecule has 1 aromatic heterocycles. The first-order valence-corrected chi connectivity index (χ1v) is 6.96. The molecule has 1 aromatic carbocycles. The van der Waals surface area contributed by atoms with E-state index in [0.29, 0.717) is 11.8 Å². The minimum absolute atomic E-state index is 0.475. The Morgan fingerprint density at radius 2 is 2.00 bits per heavy atom. The van der Waals surface area contributed by atoms with Crippen molar-refractivity contribution in [3.05, 3.63) is 41.7 Å². The standard InChI is InChI=1S/C16H21N3O/c1-5-14-18-15(17-4)10-16(19-14)20-13-8-6-7-12(9-13)11(2)3/h6-11H,5H2,1-4H3,(H,17,18,19). The number of rotatable bonds is 5. The second kappa shape index (κ2) is 6.37. The van der Waals surface area contributed by atoms with Gasteiger partial charge in [0.1, 0.15) is 17.4 Å². The molecule has 0 unspecified atom stereocenters. The monoisotopic (exact) mass is 271 g/mol. The van der Waals surface area contributed by atoms with Crippen LogP contribution in [-0.4, -0.2) is 17.0 Å². The number of aromatic nitrogens is 2. The van der Waals surface area contributed by atoms with Crippen molar-refractivity contribution in [2.45, 2.75) is 33.1 Å². The van der Waals surface area contributed by atoms with Gasteiger partial charge in [0.25, 0.3) is 0 Å². The number of nitrogens with one attached hydrogen (secondary N) is 1. The van der Waals surface area contributed by atoms with Crippen LogP contribution in [0.2, 0.25) is 0 Å². The fourth-order valence-electron chi connectivity index (χ4n) is 1.87. The number of ether oxygens (including phenoxy) is 1. The molecule has 0 saturated carbocycles. The van der Waals surface area contributed by atoms with Gasteiger partial charge in [-0.25, -0.2) is 4.98 Å². The summed E-state index contributed by atoms with van der Waals surface area (Å²) in [6.45, 7) is 6.36. The zero-order valence-corrected chi connectivity index (χ0v) is 12.5. The van der Waals surface area contributed by atoms with Crippen molar-refractivity contribution >= 4 is 5.82 Å². The summed E-state index contributed by atoms with van der Waals surface area (Å²) in [4.78, 5) is 8.75. The number of anilines is 1. The fraction of sp³-hybridized carbons (Fsp3) is 0.375. The van der Waals surface area contributed by atoms with E-state index in [0.717, 1.165) is 23.8 Å². The quantitative estimate of drug-likeness (QED) is 0.893. The molecule has 2 aromatic rings. The van der Waals surface area contributed by atoms with Crippen LogP contribution >= 0.6 is 0 Å². The lowest BCUT2D eigenvalue weighted by Gasteiger charge is -2.10. The van der Waals surface area contributed by atoms with Gasteiger partial charge in [0.05, 0.1) is 0 Å². The van der Waals surface area contributed by atoms with Gasteiger partial charge >= 0.3 is 0 Å². The maximum Gasteiger partial charge on any atom is 0.224 e. The minimum Gasteiger partial charge on any atom is -0.439 e. The number of hydrogen-bond acceptors (Lipinski definition) is 4. The van der Waals surface area contributed by atoms with Gasteiger partial charge < -0.3 is 10.1 Å². The van der Waals surface area contributed by atoms with E-state index >= 15 is 0 Å².